The van der Waals surface area contributed by atoms with Gasteiger partial charge in [-0.25, -0.2) is 0 Å². The first-order valence-corrected chi connectivity index (χ1v) is 9.92. The Morgan fingerprint density at radius 1 is 1.26 bits per heavy atom. The van der Waals surface area contributed by atoms with Crippen molar-refractivity contribution in [1.82, 2.24) is 0 Å². The highest BCUT2D eigenvalue weighted by Gasteiger charge is 2.37. The molecule has 0 amide bonds. The third-order valence-corrected chi connectivity index (χ3v) is 5.62. The SMILES string of the molecule is CC(C)N1c2ccc(/C=C(/C#N)c3cccc(Cl)c3)cc2[C@@H](C)CC1(C)C. The molecule has 2 aromatic carbocycles. The van der Waals surface area contributed by atoms with Gasteiger partial charge in [0.05, 0.1) is 11.6 Å². The molecule has 2 nitrogen and oxygen atoms in total. The Morgan fingerprint density at radius 2 is 2.00 bits per heavy atom. The first-order chi connectivity index (χ1) is 12.7. The van der Waals surface area contributed by atoms with E-state index in [1.807, 2.05) is 30.3 Å². The summed E-state index contributed by atoms with van der Waals surface area (Å²) in [6, 6.07) is 16.8. The highest BCUT2D eigenvalue weighted by Crippen LogP contribution is 2.44. The van der Waals surface area contributed by atoms with Gasteiger partial charge in [0, 0.05) is 22.3 Å². The third-order valence-electron chi connectivity index (χ3n) is 5.38. The molecule has 0 saturated carbocycles. The van der Waals surface area contributed by atoms with E-state index in [2.05, 4.69) is 63.8 Å². The maximum atomic E-state index is 9.64. The second-order valence-corrected chi connectivity index (χ2v) is 8.82. The number of rotatable bonds is 3. The zero-order valence-corrected chi connectivity index (χ0v) is 17.5. The number of allylic oxidation sites excluding steroid dienone is 1. The van der Waals surface area contributed by atoms with E-state index in [9.17, 15) is 5.26 Å². The molecule has 0 saturated heterocycles. The zero-order chi connectivity index (χ0) is 19.8. The fraction of sp³-hybridized carbons (Fsp3) is 0.375. The highest BCUT2D eigenvalue weighted by atomic mass is 35.5. The molecule has 0 radical (unpaired) electrons. The van der Waals surface area contributed by atoms with Gasteiger partial charge in [-0.3, -0.25) is 0 Å². The number of fused-ring (bicyclic) bond motifs is 1. The average molecular weight is 379 g/mol. The topological polar surface area (TPSA) is 27.0 Å². The van der Waals surface area contributed by atoms with E-state index in [1.54, 1.807) is 0 Å². The standard InChI is InChI=1S/C24H27ClN2/c1-16(2)27-23-10-9-18(12-22(23)17(3)14-24(27,4)5)11-20(15-26)19-7-6-8-21(25)13-19/h6-13,16-17H,14H2,1-5H3/b20-11-/t17-/m0/s1. The lowest BCUT2D eigenvalue weighted by molar-refractivity contribution is 0.356. The lowest BCUT2D eigenvalue weighted by Crippen LogP contribution is -2.51. The Bertz CT molecular complexity index is 918. The van der Waals surface area contributed by atoms with Crippen LogP contribution in [0.4, 0.5) is 5.69 Å². The minimum atomic E-state index is 0.135. The summed E-state index contributed by atoms with van der Waals surface area (Å²) < 4.78 is 0. The molecule has 1 aliphatic rings. The normalized spacial score (nSPS) is 19.0. The lowest BCUT2D eigenvalue weighted by atomic mass is 9.78. The van der Waals surface area contributed by atoms with E-state index in [-0.39, 0.29) is 5.54 Å². The molecule has 0 aromatic heterocycles. The predicted molar refractivity (Wildman–Crippen MR) is 116 cm³/mol. The van der Waals surface area contributed by atoms with Crippen LogP contribution in [0.1, 0.15) is 63.6 Å². The molecule has 1 heterocycles. The fourth-order valence-electron chi connectivity index (χ4n) is 4.54. The van der Waals surface area contributed by atoms with Crippen molar-refractivity contribution in [2.75, 3.05) is 4.90 Å². The summed E-state index contributed by atoms with van der Waals surface area (Å²) in [5.41, 5.74) is 5.34. The summed E-state index contributed by atoms with van der Waals surface area (Å²) in [5, 5.41) is 10.3. The molecule has 0 aliphatic carbocycles. The zero-order valence-electron chi connectivity index (χ0n) is 16.8. The van der Waals surface area contributed by atoms with Gasteiger partial charge in [-0.1, -0.05) is 36.7 Å². The number of hydrogen-bond donors (Lipinski definition) is 0. The largest absolute Gasteiger partial charge is 0.364 e. The van der Waals surface area contributed by atoms with E-state index in [0.29, 0.717) is 22.6 Å². The second kappa shape index (κ2) is 7.41. The maximum absolute atomic E-state index is 9.64. The monoisotopic (exact) mass is 378 g/mol. The summed E-state index contributed by atoms with van der Waals surface area (Å²) in [6.07, 6.45) is 3.07. The predicted octanol–water partition coefficient (Wildman–Crippen LogP) is 6.90. The molecule has 0 fully saturated rings. The van der Waals surface area contributed by atoms with Gasteiger partial charge >= 0.3 is 0 Å². The van der Waals surface area contributed by atoms with Crippen molar-refractivity contribution in [3.8, 4) is 6.07 Å². The summed E-state index contributed by atoms with van der Waals surface area (Å²) in [4.78, 5) is 2.53. The van der Waals surface area contributed by atoms with E-state index >= 15 is 0 Å². The van der Waals surface area contributed by atoms with Gasteiger partial charge in [0.1, 0.15) is 0 Å². The van der Waals surface area contributed by atoms with Crippen molar-refractivity contribution in [2.24, 2.45) is 0 Å². The van der Waals surface area contributed by atoms with E-state index in [4.69, 9.17) is 11.6 Å². The van der Waals surface area contributed by atoms with Gasteiger partial charge in [-0.05, 0) is 87.1 Å². The summed E-state index contributed by atoms with van der Waals surface area (Å²) in [5.74, 6) is 0.482. The number of nitrogens with zero attached hydrogens (tertiary/aromatic N) is 2. The highest BCUT2D eigenvalue weighted by molar-refractivity contribution is 6.30. The third kappa shape index (κ3) is 3.89. The smallest absolute Gasteiger partial charge is 0.0998 e. The second-order valence-electron chi connectivity index (χ2n) is 8.38. The molecular formula is C24H27ClN2. The van der Waals surface area contributed by atoms with Crippen molar-refractivity contribution >= 4 is 28.9 Å². The van der Waals surface area contributed by atoms with E-state index in [0.717, 1.165) is 17.5 Å². The quantitative estimate of drug-likeness (QED) is 0.428. The fourth-order valence-corrected chi connectivity index (χ4v) is 4.73. The Kier molecular flexibility index (Phi) is 5.36. The molecule has 1 atom stereocenters. The molecule has 27 heavy (non-hydrogen) atoms. The van der Waals surface area contributed by atoms with Crippen LogP contribution in [0, 0.1) is 11.3 Å². The molecule has 0 spiro atoms. The molecule has 0 bridgehead atoms. The van der Waals surface area contributed by atoms with Crippen molar-refractivity contribution in [3.63, 3.8) is 0 Å². The van der Waals surface area contributed by atoms with Gasteiger partial charge in [0.15, 0.2) is 0 Å². The van der Waals surface area contributed by atoms with Crippen molar-refractivity contribution in [3.05, 3.63) is 64.2 Å². The molecule has 3 rings (SSSR count). The van der Waals surface area contributed by atoms with Gasteiger partial charge in [0.25, 0.3) is 0 Å². The van der Waals surface area contributed by atoms with Crippen molar-refractivity contribution in [1.29, 1.82) is 5.26 Å². The van der Waals surface area contributed by atoms with Crippen LogP contribution in [0.25, 0.3) is 11.6 Å². The van der Waals surface area contributed by atoms with Crippen LogP contribution >= 0.6 is 11.6 Å². The molecule has 1 aliphatic heterocycles. The minimum absolute atomic E-state index is 0.135. The van der Waals surface area contributed by atoms with Crippen molar-refractivity contribution < 1.29 is 0 Å². The van der Waals surface area contributed by atoms with Crippen LogP contribution in [-0.4, -0.2) is 11.6 Å². The first-order valence-electron chi connectivity index (χ1n) is 9.54. The van der Waals surface area contributed by atoms with Crippen LogP contribution in [-0.2, 0) is 0 Å². The molecule has 140 valence electrons. The van der Waals surface area contributed by atoms with Crippen LogP contribution in [0.5, 0.6) is 0 Å². The number of hydrogen-bond acceptors (Lipinski definition) is 2. The van der Waals surface area contributed by atoms with Crippen LogP contribution in [0.15, 0.2) is 42.5 Å². The Morgan fingerprint density at radius 3 is 2.63 bits per heavy atom. The first kappa shape index (κ1) is 19.5. The Balaban J connectivity index is 2.06. The molecule has 3 heteroatoms. The number of anilines is 1. The molecule has 0 N–H and O–H groups in total. The Labute approximate surface area is 168 Å². The number of halogens is 1. The summed E-state index contributed by atoms with van der Waals surface area (Å²) in [6.45, 7) is 11.5. The van der Waals surface area contributed by atoms with Gasteiger partial charge in [0.2, 0.25) is 0 Å². The lowest BCUT2D eigenvalue weighted by Gasteiger charge is -2.50. The molecular weight excluding hydrogens is 352 g/mol. The maximum Gasteiger partial charge on any atom is 0.0998 e. The number of nitriles is 1. The Hall–Kier alpha value is -2.24. The van der Waals surface area contributed by atoms with Crippen LogP contribution in [0.3, 0.4) is 0 Å². The minimum Gasteiger partial charge on any atom is -0.364 e. The van der Waals surface area contributed by atoms with E-state index < -0.39 is 0 Å². The van der Waals surface area contributed by atoms with Crippen molar-refractivity contribution in [2.45, 2.75) is 58.5 Å². The average Bonchev–Trinajstić information content (AvgIpc) is 2.59. The van der Waals surface area contributed by atoms with Gasteiger partial charge in [-0.2, -0.15) is 5.26 Å². The van der Waals surface area contributed by atoms with Gasteiger partial charge in [-0.15, -0.1) is 0 Å². The van der Waals surface area contributed by atoms with Crippen LogP contribution in [0.2, 0.25) is 5.02 Å². The van der Waals surface area contributed by atoms with Crippen LogP contribution < -0.4 is 4.90 Å². The summed E-state index contributed by atoms with van der Waals surface area (Å²) in [7, 11) is 0. The van der Waals surface area contributed by atoms with Gasteiger partial charge < -0.3 is 4.90 Å². The number of benzene rings is 2. The van der Waals surface area contributed by atoms with E-state index in [1.165, 1.54) is 11.3 Å². The molecule has 2 aromatic rings. The molecule has 0 unspecified atom stereocenters. The summed E-state index contributed by atoms with van der Waals surface area (Å²) >= 11 is 6.09.